The maximum atomic E-state index is 13.4. The Hall–Kier alpha value is -2.17. The lowest BCUT2D eigenvalue weighted by atomic mass is 9.97. The summed E-state index contributed by atoms with van der Waals surface area (Å²) in [5.41, 5.74) is 6.08. The summed E-state index contributed by atoms with van der Waals surface area (Å²) < 4.78 is 61.2. The summed E-state index contributed by atoms with van der Waals surface area (Å²) in [6.07, 6.45) is 4.28. The number of phenols is 1. The van der Waals surface area contributed by atoms with Gasteiger partial charge in [0.1, 0.15) is 15.3 Å². The van der Waals surface area contributed by atoms with Crippen LogP contribution in [0.4, 0.5) is 5.69 Å². The first kappa shape index (κ1) is 34.7. The highest BCUT2D eigenvalue weighted by Gasteiger charge is 2.40. The number of hydrogen-bond donors (Lipinski definition) is 2. The Bertz CT molecular complexity index is 1880. The summed E-state index contributed by atoms with van der Waals surface area (Å²) in [5, 5.41) is 10.2. The van der Waals surface area contributed by atoms with Gasteiger partial charge in [0.15, 0.2) is 11.3 Å². The molecule has 47 heavy (non-hydrogen) atoms. The Labute approximate surface area is 286 Å². The Morgan fingerprint density at radius 2 is 1.32 bits per heavy atom. The lowest BCUT2D eigenvalue weighted by molar-refractivity contribution is 0.158. The minimum Gasteiger partial charge on any atom is -0.504 e. The molecule has 0 saturated carbocycles. The summed E-state index contributed by atoms with van der Waals surface area (Å²) in [7, 11) is -7.59. The zero-order valence-electron chi connectivity index (χ0n) is 26.8. The minimum atomic E-state index is -3.84. The highest BCUT2D eigenvalue weighted by molar-refractivity contribution is 7.89. The van der Waals surface area contributed by atoms with Gasteiger partial charge in [-0.2, -0.15) is 8.61 Å². The van der Waals surface area contributed by atoms with E-state index in [1.807, 2.05) is 20.8 Å². The number of aromatic hydroxyl groups is 1. The van der Waals surface area contributed by atoms with Gasteiger partial charge in [0.25, 0.3) is 0 Å². The number of fused-ring (bicyclic) bond motifs is 3. The van der Waals surface area contributed by atoms with Gasteiger partial charge in [-0.05, 0) is 63.0 Å². The van der Waals surface area contributed by atoms with Crippen molar-refractivity contribution < 1.29 is 26.4 Å². The summed E-state index contributed by atoms with van der Waals surface area (Å²) in [4.78, 5) is 8.93. The van der Waals surface area contributed by atoms with Crippen molar-refractivity contribution >= 4 is 60.0 Å². The topological polar surface area (TPSA) is 154 Å². The molecule has 4 aliphatic heterocycles. The van der Waals surface area contributed by atoms with Gasteiger partial charge in [-0.1, -0.05) is 44.0 Å². The van der Waals surface area contributed by atoms with Crippen LogP contribution in [0, 0.1) is 0 Å². The molecule has 1 aromatic heterocycles. The van der Waals surface area contributed by atoms with E-state index in [0.717, 1.165) is 45.3 Å². The molecule has 7 rings (SSSR count). The predicted molar refractivity (Wildman–Crippen MR) is 182 cm³/mol. The van der Waals surface area contributed by atoms with Crippen molar-refractivity contribution in [3.63, 3.8) is 0 Å². The van der Waals surface area contributed by atoms with Crippen molar-refractivity contribution in [1.29, 1.82) is 0 Å². The molecule has 2 atom stereocenters. The number of hydrogen-bond acceptors (Lipinski definition) is 10. The number of benzene rings is 2. The van der Waals surface area contributed by atoms with E-state index in [0.29, 0.717) is 50.2 Å². The highest BCUT2D eigenvalue weighted by atomic mass is 35.5. The first-order valence-electron chi connectivity index (χ1n) is 15.9. The third-order valence-electron chi connectivity index (χ3n) is 9.52. The molecule has 3 aromatic rings. The monoisotopic (exact) mass is 728 g/mol. The molecule has 2 aromatic carbocycles. The van der Waals surface area contributed by atoms with Crippen LogP contribution in [-0.4, -0.2) is 110 Å². The largest absolute Gasteiger partial charge is 0.504 e. The normalized spacial score (nSPS) is 23.4. The van der Waals surface area contributed by atoms with Crippen LogP contribution in [0.25, 0.3) is 11.1 Å². The number of rotatable bonds is 4. The maximum absolute atomic E-state index is 13.4. The van der Waals surface area contributed by atoms with E-state index < -0.39 is 25.8 Å². The molecule has 4 saturated heterocycles. The average Bonchev–Trinajstić information content (AvgIpc) is 3.77. The standard InChI is InChI=1S/C18H24ClN3O3S.C13H18ClN3O3S/c1-18(2,3)17-20-14-7-6-13(19)16(15(14)25-17)26(23,24)22-10-9-21-8-4-5-12(21)11-22;14-10-3-4-11(15)12(18)13(10)21(19,20)17-7-6-16-5-1-2-9(16)8-17/h6-7,12H,4-5,8-11H2,1-3H3;3-4,9,18H,1-2,5-8,15H2. The van der Waals surface area contributed by atoms with Gasteiger partial charge >= 0.3 is 0 Å². The zero-order valence-corrected chi connectivity index (χ0v) is 30.0. The lowest BCUT2D eigenvalue weighted by Crippen LogP contribution is -2.51. The first-order chi connectivity index (χ1) is 22.1. The van der Waals surface area contributed by atoms with E-state index in [9.17, 15) is 21.9 Å². The molecule has 258 valence electrons. The molecule has 12 nitrogen and oxygen atoms in total. The van der Waals surface area contributed by atoms with Crippen LogP contribution in [0.2, 0.25) is 10.0 Å². The molecule has 0 spiro atoms. The Kier molecular flexibility index (Phi) is 9.55. The molecule has 0 radical (unpaired) electrons. The van der Waals surface area contributed by atoms with E-state index in [1.165, 1.54) is 16.4 Å². The van der Waals surface area contributed by atoms with Gasteiger partial charge in [0.05, 0.1) is 15.7 Å². The van der Waals surface area contributed by atoms with Crippen LogP contribution in [0.3, 0.4) is 0 Å². The van der Waals surface area contributed by atoms with Gasteiger partial charge in [-0.15, -0.1) is 0 Å². The van der Waals surface area contributed by atoms with Crippen molar-refractivity contribution in [3.05, 3.63) is 40.2 Å². The number of anilines is 1. The zero-order chi connectivity index (χ0) is 33.9. The van der Waals surface area contributed by atoms with E-state index in [1.54, 1.807) is 16.4 Å². The van der Waals surface area contributed by atoms with E-state index in [4.69, 9.17) is 33.4 Å². The quantitative estimate of drug-likeness (QED) is 0.293. The smallest absolute Gasteiger partial charge is 0.248 e. The van der Waals surface area contributed by atoms with Gasteiger partial charge < -0.3 is 15.3 Å². The molecule has 3 N–H and O–H groups in total. The summed E-state index contributed by atoms with van der Waals surface area (Å²) in [5.74, 6) is 0.0446. The molecule has 16 heteroatoms. The molecule has 0 aliphatic carbocycles. The molecule has 0 amide bonds. The fraction of sp³-hybridized carbons (Fsp3) is 0.581. The first-order valence-corrected chi connectivity index (χ1v) is 19.6. The van der Waals surface area contributed by atoms with Crippen LogP contribution in [0.5, 0.6) is 5.75 Å². The van der Waals surface area contributed by atoms with Crippen LogP contribution < -0.4 is 5.73 Å². The van der Waals surface area contributed by atoms with Crippen LogP contribution >= 0.6 is 23.2 Å². The second-order valence-corrected chi connectivity index (χ2v) is 18.3. The molecular formula is C31H42Cl2N6O6S2. The molecular weight excluding hydrogens is 687 g/mol. The fourth-order valence-corrected chi connectivity index (χ4v) is 11.1. The number of piperazine rings is 2. The van der Waals surface area contributed by atoms with Gasteiger partial charge in [0.2, 0.25) is 25.9 Å². The average molecular weight is 730 g/mol. The Morgan fingerprint density at radius 3 is 1.87 bits per heavy atom. The second kappa shape index (κ2) is 12.9. The maximum Gasteiger partial charge on any atom is 0.248 e. The number of nitrogens with two attached hydrogens (primary N) is 1. The highest BCUT2D eigenvalue weighted by Crippen LogP contribution is 2.39. The molecule has 2 unspecified atom stereocenters. The summed E-state index contributed by atoms with van der Waals surface area (Å²) in [6.45, 7) is 11.3. The van der Waals surface area contributed by atoms with Crippen molar-refractivity contribution in [2.45, 2.75) is 73.7 Å². The summed E-state index contributed by atoms with van der Waals surface area (Å²) >= 11 is 12.3. The Morgan fingerprint density at radius 1 is 0.809 bits per heavy atom. The van der Waals surface area contributed by atoms with Crippen LogP contribution in [0.1, 0.15) is 52.3 Å². The third-order valence-corrected chi connectivity index (χ3v) is 14.2. The summed E-state index contributed by atoms with van der Waals surface area (Å²) in [6, 6.07) is 6.66. The van der Waals surface area contributed by atoms with Crippen molar-refractivity contribution in [2.75, 3.05) is 58.1 Å². The van der Waals surface area contributed by atoms with E-state index >= 15 is 0 Å². The number of nitrogen functional groups attached to an aromatic ring is 1. The fourth-order valence-electron chi connectivity index (χ4n) is 6.93. The number of sulfonamides is 2. The number of nitrogens with zero attached hydrogens (tertiary/aromatic N) is 5. The second-order valence-electron chi connectivity index (χ2n) is 13.7. The minimum absolute atomic E-state index is 0.00412. The Balaban J connectivity index is 0.000000168. The van der Waals surface area contributed by atoms with Crippen molar-refractivity contribution in [1.82, 2.24) is 23.4 Å². The number of halogens is 2. The van der Waals surface area contributed by atoms with Gasteiger partial charge in [0, 0.05) is 56.8 Å². The predicted octanol–water partition coefficient (Wildman–Crippen LogP) is 4.34. The van der Waals surface area contributed by atoms with Crippen molar-refractivity contribution in [3.8, 4) is 5.75 Å². The molecule has 0 bridgehead atoms. The molecule has 5 heterocycles. The van der Waals surface area contributed by atoms with E-state index in [-0.39, 0.29) is 42.6 Å². The van der Waals surface area contributed by atoms with E-state index in [2.05, 4.69) is 14.8 Å². The number of aromatic nitrogens is 1. The lowest BCUT2D eigenvalue weighted by Gasteiger charge is -2.36. The SMILES string of the molecule is CC(C)(C)c1nc2ccc(Cl)c(S(=O)(=O)N3CCN4CCCC4C3)c2o1.Nc1ccc(Cl)c(S(=O)(=O)N2CCN3CCCC3C2)c1O. The van der Waals surface area contributed by atoms with Crippen LogP contribution in [0.15, 0.2) is 38.5 Å². The third kappa shape index (κ3) is 6.60. The van der Waals surface area contributed by atoms with Gasteiger partial charge in [-0.25, -0.2) is 21.8 Å². The van der Waals surface area contributed by atoms with Gasteiger partial charge in [-0.3, -0.25) is 9.80 Å². The van der Waals surface area contributed by atoms with Crippen molar-refractivity contribution in [2.24, 2.45) is 0 Å². The molecule has 4 aliphatic rings. The van der Waals surface area contributed by atoms with Crippen LogP contribution in [-0.2, 0) is 25.5 Å². The molecule has 4 fully saturated rings. The number of oxazole rings is 1. The number of phenolic OH excluding ortho intramolecular Hbond substituents is 1.